The highest BCUT2D eigenvalue weighted by atomic mass is 32.1. The Bertz CT molecular complexity index is 795. The van der Waals surface area contributed by atoms with Gasteiger partial charge in [-0.15, -0.1) is 11.3 Å². The summed E-state index contributed by atoms with van der Waals surface area (Å²) in [6.07, 6.45) is 5.90. The summed E-state index contributed by atoms with van der Waals surface area (Å²) in [6.45, 7) is 0. The van der Waals surface area contributed by atoms with E-state index in [1.54, 1.807) is 0 Å². The lowest BCUT2D eigenvalue weighted by molar-refractivity contribution is -0.133. The molecule has 2 unspecified atom stereocenters. The number of nitrogens with zero attached hydrogens (tertiary/aromatic N) is 1. The van der Waals surface area contributed by atoms with Crippen molar-refractivity contribution >= 4 is 28.6 Å². The summed E-state index contributed by atoms with van der Waals surface area (Å²) in [7, 11) is 0. The van der Waals surface area contributed by atoms with Crippen LogP contribution in [-0.4, -0.2) is 28.7 Å². The molecule has 2 atom stereocenters. The summed E-state index contributed by atoms with van der Waals surface area (Å²) < 4.78 is 0. The van der Waals surface area contributed by atoms with Crippen LogP contribution in [0.5, 0.6) is 0 Å². The van der Waals surface area contributed by atoms with Gasteiger partial charge in [-0.2, -0.15) is 0 Å². The molecule has 2 aliphatic heterocycles. The first-order valence-electron chi connectivity index (χ1n) is 8.86. The van der Waals surface area contributed by atoms with Crippen LogP contribution in [0, 0.1) is 0 Å². The van der Waals surface area contributed by atoms with E-state index in [-0.39, 0.29) is 23.8 Å². The fourth-order valence-corrected chi connectivity index (χ4v) is 4.69. The molecule has 1 saturated heterocycles. The molecule has 1 fully saturated rings. The van der Waals surface area contributed by atoms with E-state index in [1.807, 2.05) is 28.5 Å². The molecule has 1 aromatic carbocycles. The molecule has 1 aromatic heterocycles. The predicted molar refractivity (Wildman–Crippen MR) is 101 cm³/mol. The summed E-state index contributed by atoms with van der Waals surface area (Å²) in [5.74, 6) is 0.203. The van der Waals surface area contributed by atoms with Crippen LogP contribution in [0.25, 0.3) is 5.57 Å². The van der Waals surface area contributed by atoms with Crippen molar-refractivity contribution in [1.82, 2.24) is 4.90 Å². The third-order valence-electron chi connectivity index (χ3n) is 5.19. The molecule has 3 heterocycles. The van der Waals surface area contributed by atoms with E-state index in [0.29, 0.717) is 12.8 Å². The van der Waals surface area contributed by atoms with Crippen LogP contribution in [0.2, 0.25) is 0 Å². The highest BCUT2D eigenvalue weighted by Crippen LogP contribution is 2.38. The highest BCUT2D eigenvalue weighted by Gasteiger charge is 2.39. The number of Topliss-reactive ketones (excluding diaryl/α,β-unsaturated/α-hetero) is 1. The Morgan fingerprint density at radius 1 is 1.04 bits per heavy atom. The Labute approximate surface area is 152 Å². The van der Waals surface area contributed by atoms with E-state index in [4.69, 9.17) is 0 Å². The molecule has 0 N–H and O–H groups in total. The van der Waals surface area contributed by atoms with Gasteiger partial charge in [0.05, 0.1) is 10.9 Å². The number of fused-ring (bicyclic) bond motifs is 2. The second kappa shape index (κ2) is 6.96. The van der Waals surface area contributed by atoms with Crippen molar-refractivity contribution in [2.45, 2.75) is 44.2 Å². The van der Waals surface area contributed by atoms with E-state index >= 15 is 0 Å². The van der Waals surface area contributed by atoms with Crippen LogP contribution in [-0.2, 0) is 4.79 Å². The van der Waals surface area contributed by atoms with Gasteiger partial charge in [-0.25, -0.2) is 0 Å². The van der Waals surface area contributed by atoms with Gasteiger partial charge in [0.15, 0.2) is 5.78 Å². The van der Waals surface area contributed by atoms with Crippen molar-refractivity contribution in [2.24, 2.45) is 0 Å². The number of carbonyl (C=O) groups is 2. The SMILES string of the molecule is O=C(CCC(=O)N1C2C=C(c3ccccc3)CC1CC2)c1cccs1. The number of amides is 1. The topological polar surface area (TPSA) is 37.4 Å². The highest BCUT2D eigenvalue weighted by molar-refractivity contribution is 7.12. The zero-order chi connectivity index (χ0) is 17.2. The Morgan fingerprint density at radius 2 is 1.88 bits per heavy atom. The van der Waals surface area contributed by atoms with E-state index in [1.165, 1.54) is 22.5 Å². The first kappa shape index (κ1) is 16.3. The van der Waals surface area contributed by atoms with E-state index in [0.717, 1.165) is 24.1 Å². The molecule has 4 heteroatoms. The number of carbonyl (C=O) groups excluding carboxylic acids is 2. The Kier molecular flexibility index (Phi) is 4.53. The molecule has 0 radical (unpaired) electrons. The summed E-state index contributed by atoms with van der Waals surface area (Å²) in [6, 6.07) is 14.6. The standard InChI is InChI=1S/C21H21NO2S/c23-19(20-7-4-12-25-20)10-11-21(24)22-17-8-9-18(22)14-16(13-17)15-5-2-1-3-6-15/h1-7,12-13,17-18H,8-11,14H2. The maximum Gasteiger partial charge on any atom is 0.223 e. The second-order valence-corrected chi connectivity index (χ2v) is 7.71. The predicted octanol–water partition coefficient (Wildman–Crippen LogP) is 4.56. The van der Waals surface area contributed by atoms with Gasteiger partial charge in [-0.1, -0.05) is 42.5 Å². The summed E-state index contributed by atoms with van der Waals surface area (Å²) in [5, 5.41) is 1.90. The maximum absolute atomic E-state index is 12.7. The number of thiophene rings is 1. The summed E-state index contributed by atoms with van der Waals surface area (Å²) >= 11 is 1.45. The maximum atomic E-state index is 12.7. The monoisotopic (exact) mass is 351 g/mol. The number of benzene rings is 1. The van der Waals surface area contributed by atoms with Crippen molar-refractivity contribution in [1.29, 1.82) is 0 Å². The van der Waals surface area contributed by atoms with Crippen molar-refractivity contribution in [3.8, 4) is 0 Å². The molecule has 0 saturated carbocycles. The van der Waals surface area contributed by atoms with Crippen LogP contribution < -0.4 is 0 Å². The first-order valence-corrected chi connectivity index (χ1v) is 9.74. The minimum atomic E-state index is 0.0771. The van der Waals surface area contributed by atoms with Gasteiger partial charge in [-0.3, -0.25) is 9.59 Å². The third-order valence-corrected chi connectivity index (χ3v) is 6.10. The lowest BCUT2D eigenvalue weighted by atomic mass is 9.94. The van der Waals surface area contributed by atoms with Crippen LogP contribution in [0.15, 0.2) is 53.9 Å². The molecule has 2 aliphatic rings. The molecular weight excluding hydrogens is 330 g/mol. The summed E-state index contributed by atoms with van der Waals surface area (Å²) in [4.78, 5) is 27.6. The number of rotatable bonds is 5. The van der Waals surface area contributed by atoms with Crippen LogP contribution >= 0.6 is 11.3 Å². The number of hydrogen-bond acceptors (Lipinski definition) is 3. The van der Waals surface area contributed by atoms with Gasteiger partial charge in [-0.05, 0) is 41.8 Å². The smallest absolute Gasteiger partial charge is 0.223 e. The fourth-order valence-electron chi connectivity index (χ4n) is 4.00. The molecule has 4 rings (SSSR count). The molecule has 0 spiro atoms. The van der Waals surface area contributed by atoms with Gasteiger partial charge in [0.25, 0.3) is 0 Å². The minimum absolute atomic E-state index is 0.0771. The van der Waals surface area contributed by atoms with Crippen LogP contribution in [0.1, 0.15) is 47.3 Å². The zero-order valence-electron chi connectivity index (χ0n) is 14.1. The van der Waals surface area contributed by atoms with Crippen molar-refractivity contribution in [2.75, 3.05) is 0 Å². The molecule has 128 valence electrons. The second-order valence-electron chi connectivity index (χ2n) is 6.76. The van der Waals surface area contributed by atoms with E-state index < -0.39 is 0 Å². The van der Waals surface area contributed by atoms with Gasteiger partial charge in [0.2, 0.25) is 5.91 Å². The lowest BCUT2D eigenvalue weighted by Gasteiger charge is -2.34. The fraction of sp³-hybridized carbons (Fsp3) is 0.333. The van der Waals surface area contributed by atoms with Gasteiger partial charge < -0.3 is 4.90 Å². The van der Waals surface area contributed by atoms with Gasteiger partial charge in [0.1, 0.15) is 0 Å². The zero-order valence-corrected chi connectivity index (χ0v) is 14.9. The first-order chi connectivity index (χ1) is 12.2. The largest absolute Gasteiger partial charge is 0.333 e. The average Bonchev–Trinajstić information content (AvgIpc) is 3.27. The summed E-state index contributed by atoms with van der Waals surface area (Å²) in [5.41, 5.74) is 2.62. The van der Waals surface area contributed by atoms with Crippen molar-refractivity contribution < 1.29 is 9.59 Å². The Morgan fingerprint density at radius 3 is 2.60 bits per heavy atom. The lowest BCUT2D eigenvalue weighted by Crippen LogP contribution is -2.43. The molecule has 2 aromatic rings. The molecule has 1 amide bonds. The quantitative estimate of drug-likeness (QED) is 0.741. The molecule has 25 heavy (non-hydrogen) atoms. The third kappa shape index (κ3) is 3.31. The molecule has 3 nitrogen and oxygen atoms in total. The minimum Gasteiger partial charge on any atom is -0.333 e. The van der Waals surface area contributed by atoms with Gasteiger partial charge in [0, 0.05) is 18.9 Å². The number of ketones is 1. The number of hydrogen-bond donors (Lipinski definition) is 0. The van der Waals surface area contributed by atoms with E-state index in [9.17, 15) is 9.59 Å². The van der Waals surface area contributed by atoms with Crippen molar-refractivity contribution in [3.05, 3.63) is 64.4 Å². The Hall–Kier alpha value is -2.20. The van der Waals surface area contributed by atoms with Crippen LogP contribution in [0.4, 0.5) is 0 Å². The molecular formula is C21H21NO2S. The van der Waals surface area contributed by atoms with Crippen molar-refractivity contribution in [3.63, 3.8) is 0 Å². The molecule has 2 bridgehead atoms. The Balaban J connectivity index is 1.43. The van der Waals surface area contributed by atoms with Gasteiger partial charge >= 0.3 is 0 Å². The average molecular weight is 351 g/mol. The normalized spacial score (nSPS) is 21.9. The van der Waals surface area contributed by atoms with E-state index in [2.05, 4.69) is 30.3 Å². The van der Waals surface area contributed by atoms with Crippen LogP contribution in [0.3, 0.4) is 0 Å². The molecule has 0 aliphatic carbocycles.